The van der Waals surface area contributed by atoms with E-state index in [2.05, 4.69) is 59.2 Å². The van der Waals surface area contributed by atoms with Crippen LogP contribution in [0.5, 0.6) is 0 Å². The Labute approximate surface area is 194 Å². The van der Waals surface area contributed by atoms with Crippen LogP contribution in [-0.4, -0.2) is 6.03 Å². The van der Waals surface area contributed by atoms with Gasteiger partial charge in [0.2, 0.25) is 0 Å². The van der Waals surface area contributed by atoms with Gasteiger partial charge in [-0.3, -0.25) is 0 Å². The molecule has 0 saturated carbocycles. The van der Waals surface area contributed by atoms with Crippen molar-refractivity contribution in [1.82, 2.24) is 0 Å². The molecule has 0 aliphatic heterocycles. The molecule has 5 nitrogen and oxygen atoms in total. The molecule has 0 saturated heterocycles. The summed E-state index contributed by atoms with van der Waals surface area (Å²) in [5.41, 5.74) is 11.9. The molecule has 33 heavy (non-hydrogen) atoms. The Morgan fingerprint density at radius 1 is 0.576 bits per heavy atom. The van der Waals surface area contributed by atoms with Crippen molar-refractivity contribution in [2.75, 3.05) is 16.4 Å². The maximum absolute atomic E-state index is 12.2. The van der Waals surface area contributed by atoms with Crippen molar-refractivity contribution in [3.05, 3.63) is 126 Å². The van der Waals surface area contributed by atoms with Crippen LogP contribution in [-0.2, 0) is 19.6 Å². The van der Waals surface area contributed by atoms with E-state index in [0.717, 1.165) is 36.7 Å². The Bertz CT molecular complexity index is 1140. The molecule has 0 aliphatic carbocycles. The van der Waals surface area contributed by atoms with E-state index in [1.165, 1.54) is 21.6 Å². The van der Waals surface area contributed by atoms with Gasteiger partial charge in [0.1, 0.15) is 19.6 Å². The first-order valence-electron chi connectivity index (χ1n) is 11.1. The molecule has 4 aromatic rings. The second kappa shape index (κ2) is 11.0. The number of benzene rings is 4. The molecule has 0 radical (unpaired) electrons. The average molecular weight is 438 g/mol. The fraction of sp³-hybridized carbons (Fsp3) is 0.107. The Morgan fingerprint density at radius 2 is 1.00 bits per heavy atom. The maximum atomic E-state index is 12.2. The Kier molecular flexibility index (Phi) is 7.36. The first-order chi connectivity index (χ1) is 16.1. The van der Waals surface area contributed by atoms with Gasteiger partial charge in [-0.1, -0.05) is 72.8 Å². The standard InChI is InChI=1S/C28H28N4O/c29-25-15-11-23(12-16-25)20-32(19-22-7-3-1-4-8-22)21-24-13-17-27(18-14-24)31-28(33)30-26-9-5-2-6-10-26/h1-18H,19-21,29H2,(H2,30,31,33)/p+1. The summed E-state index contributed by atoms with van der Waals surface area (Å²) in [6.07, 6.45) is 0. The number of quaternary nitrogens is 1. The molecular formula is C28H29N4O+. The maximum Gasteiger partial charge on any atom is 0.323 e. The normalized spacial score (nSPS) is 11.5. The van der Waals surface area contributed by atoms with Crippen LogP contribution in [0.3, 0.4) is 0 Å². The largest absolute Gasteiger partial charge is 0.399 e. The topological polar surface area (TPSA) is 71.6 Å². The molecule has 4 rings (SSSR count). The number of hydrogen-bond acceptors (Lipinski definition) is 2. The monoisotopic (exact) mass is 437 g/mol. The molecule has 2 amide bonds. The average Bonchev–Trinajstić information content (AvgIpc) is 2.83. The zero-order valence-electron chi connectivity index (χ0n) is 18.5. The predicted molar refractivity (Wildman–Crippen MR) is 135 cm³/mol. The van der Waals surface area contributed by atoms with E-state index in [0.29, 0.717) is 0 Å². The molecule has 0 bridgehead atoms. The number of carbonyl (C=O) groups is 1. The number of para-hydroxylation sites is 1. The summed E-state index contributed by atoms with van der Waals surface area (Å²) in [6, 6.07) is 35.8. The first kappa shape index (κ1) is 22.1. The van der Waals surface area contributed by atoms with Crippen LogP contribution < -0.4 is 21.3 Å². The van der Waals surface area contributed by atoms with Crippen LogP contribution in [0.4, 0.5) is 21.9 Å². The predicted octanol–water partition coefficient (Wildman–Crippen LogP) is 4.70. The van der Waals surface area contributed by atoms with Crippen molar-refractivity contribution in [2.24, 2.45) is 0 Å². The van der Waals surface area contributed by atoms with Crippen LogP contribution >= 0.6 is 0 Å². The molecule has 0 heterocycles. The van der Waals surface area contributed by atoms with Crippen molar-refractivity contribution in [2.45, 2.75) is 19.6 Å². The molecule has 5 N–H and O–H groups in total. The van der Waals surface area contributed by atoms with Gasteiger partial charge in [-0.05, 0) is 36.4 Å². The highest BCUT2D eigenvalue weighted by Gasteiger charge is 2.12. The summed E-state index contributed by atoms with van der Waals surface area (Å²) in [5.74, 6) is 0. The lowest BCUT2D eigenvalue weighted by Crippen LogP contribution is -3.08. The van der Waals surface area contributed by atoms with Crippen molar-refractivity contribution in [3.63, 3.8) is 0 Å². The highest BCUT2D eigenvalue weighted by Crippen LogP contribution is 2.12. The minimum atomic E-state index is -0.256. The van der Waals surface area contributed by atoms with E-state index in [-0.39, 0.29) is 6.03 Å². The first-order valence-corrected chi connectivity index (χ1v) is 11.1. The third-order valence-electron chi connectivity index (χ3n) is 5.43. The van der Waals surface area contributed by atoms with Gasteiger partial charge in [-0.25, -0.2) is 4.79 Å². The van der Waals surface area contributed by atoms with Crippen LogP contribution in [0.15, 0.2) is 109 Å². The van der Waals surface area contributed by atoms with E-state index in [1.54, 1.807) is 0 Å². The quantitative estimate of drug-likeness (QED) is 0.302. The Morgan fingerprint density at radius 3 is 1.55 bits per heavy atom. The second-order valence-corrected chi connectivity index (χ2v) is 8.15. The fourth-order valence-electron chi connectivity index (χ4n) is 3.81. The van der Waals surface area contributed by atoms with Gasteiger partial charge in [-0.15, -0.1) is 0 Å². The molecule has 0 aromatic heterocycles. The summed E-state index contributed by atoms with van der Waals surface area (Å²) >= 11 is 0. The molecular weight excluding hydrogens is 408 g/mol. The molecule has 0 spiro atoms. The van der Waals surface area contributed by atoms with E-state index < -0.39 is 0 Å². The number of carbonyl (C=O) groups excluding carboxylic acids is 1. The van der Waals surface area contributed by atoms with Gasteiger partial charge >= 0.3 is 6.03 Å². The number of amides is 2. The zero-order valence-corrected chi connectivity index (χ0v) is 18.5. The van der Waals surface area contributed by atoms with Crippen molar-refractivity contribution in [1.29, 1.82) is 0 Å². The molecule has 0 aliphatic rings. The fourth-order valence-corrected chi connectivity index (χ4v) is 3.81. The number of urea groups is 1. The Hall–Kier alpha value is -4.09. The van der Waals surface area contributed by atoms with Crippen LogP contribution in [0.2, 0.25) is 0 Å². The lowest BCUT2D eigenvalue weighted by Gasteiger charge is -2.20. The highest BCUT2D eigenvalue weighted by molar-refractivity contribution is 5.99. The lowest BCUT2D eigenvalue weighted by molar-refractivity contribution is -0.941. The van der Waals surface area contributed by atoms with E-state index >= 15 is 0 Å². The summed E-state index contributed by atoms with van der Waals surface area (Å²) in [5, 5.41) is 5.72. The minimum Gasteiger partial charge on any atom is -0.399 e. The number of nitrogens with two attached hydrogens (primary N) is 1. The number of rotatable bonds is 8. The molecule has 1 unspecified atom stereocenters. The van der Waals surface area contributed by atoms with Gasteiger partial charge in [-0.2, -0.15) is 0 Å². The molecule has 0 fully saturated rings. The van der Waals surface area contributed by atoms with E-state index in [4.69, 9.17) is 5.73 Å². The second-order valence-electron chi connectivity index (χ2n) is 8.15. The SMILES string of the molecule is Nc1ccc(C[NH+](Cc2ccccc2)Cc2ccc(NC(=O)Nc3ccccc3)cc2)cc1. The molecule has 5 heteroatoms. The summed E-state index contributed by atoms with van der Waals surface area (Å²) in [4.78, 5) is 13.7. The van der Waals surface area contributed by atoms with Crippen molar-refractivity contribution in [3.8, 4) is 0 Å². The molecule has 1 atom stereocenters. The Balaban J connectivity index is 1.40. The lowest BCUT2D eigenvalue weighted by atomic mass is 10.1. The van der Waals surface area contributed by atoms with Crippen LogP contribution in [0.25, 0.3) is 0 Å². The minimum absolute atomic E-state index is 0.256. The third-order valence-corrected chi connectivity index (χ3v) is 5.43. The van der Waals surface area contributed by atoms with E-state index in [1.807, 2.05) is 60.7 Å². The van der Waals surface area contributed by atoms with Gasteiger partial charge in [0.25, 0.3) is 0 Å². The number of anilines is 3. The number of hydrogen-bond donors (Lipinski definition) is 4. The smallest absolute Gasteiger partial charge is 0.323 e. The number of nitrogens with one attached hydrogen (secondary N) is 3. The third kappa shape index (κ3) is 6.95. The highest BCUT2D eigenvalue weighted by atomic mass is 16.2. The summed E-state index contributed by atoms with van der Waals surface area (Å²) < 4.78 is 0. The van der Waals surface area contributed by atoms with Crippen LogP contribution in [0.1, 0.15) is 16.7 Å². The van der Waals surface area contributed by atoms with Gasteiger partial charge in [0, 0.05) is 33.8 Å². The zero-order chi connectivity index (χ0) is 22.9. The summed E-state index contributed by atoms with van der Waals surface area (Å²) in [6.45, 7) is 2.69. The van der Waals surface area contributed by atoms with Crippen molar-refractivity contribution < 1.29 is 9.69 Å². The van der Waals surface area contributed by atoms with Gasteiger partial charge in [0.05, 0.1) is 0 Å². The number of nitrogen functional groups attached to an aromatic ring is 1. The van der Waals surface area contributed by atoms with Gasteiger partial charge in [0.15, 0.2) is 0 Å². The van der Waals surface area contributed by atoms with Crippen LogP contribution in [0, 0.1) is 0 Å². The summed E-state index contributed by atoms with van der Waals surface area (Å²) in [7, 11) is 0. The van der Waals surface area contributed by atoms with Gasteiger partial charge < -0.3 is 21.3 Å². The van der Waals surface area contributed by atoms with Crippen molar-refractivity contribution >= 4 is 23.1 Å². The van der Waals surface area contributed by atoms with E-state index in [9.17, 15) is 4.79 Å². The molecule has 4 aromatic carbocycles. The molecule has 166 valence electrons.